The number of hydrogen-bond donors (Lipinski definition) is 3. The third-order valence-electron chi connectivity index (χ3n) is 5.50. The van der Waals surface area contributed by atoms with Crippen LogP contribution in [-0.2, 0) is 4.79 Å². The number of fused-ring (bicyclic) bond motifs is 1. The minimum atomic E-state index is -0.744. The summed E-state index contributed by atoms with van der Waals surface area (Å²) in [4.78, 5) is 40.2. The molecule has 8 nitrogen and oxygen atoms in total. The highest BCUT2D eigenvalue weighted by Crippen LogP contribution is 2.13. The molecule has 0 unspecified atom stereocenters. The fraction of sp³-hybridized carbons (Fsp3) is 0.261. The fourth-order valence-corrected chi connectivity index (χ4v) is 3.74. The summed E-state index contributed by atoms with van der Waals surface area (Å²) in [6, 6.07) is 18.7. The van der Waals surface area contributed by atoms with E-state index < -0.39 is 11.5 Å². The molecule has 4 rings (SSSR count). The number of rotatable bonds is 5. The molecule has 2 amide bonds. The minimum absolute atomic E-state index is 0.151. The van der Waals surface area contributed by atoms with E-state index in [1.165, 1.54) is 16.7 Å². The first-order valence-corrected chi connectivity index (χ1v) is 10.4. The van der Waals surface area contributed by atoms with E-state index in [4.69, 9.17) is 4.42 Å². The molecule has 8 heteroatoms. The number of benzene rings is 2. The van der Waals surface area contributed by atoms with Crippen LogP contribution in [0.15, 0.2) is 69.9 Å². The topological polar surface area (TPSA) is 96.1 Å². The first-order chi connectivity index (χ1) is 15.1. The Morgan fingerprint density at radius 2 is 1.68 bits per heavy atom. The smallest absolute Gasteiger partial charge is 0.349 e. The number of hydrazine groups is 1. The number of nitrogens with one attached hydrogen (secondary N) is 3. The predicted octanol–water partition coefficient (Wildman–Crippen LogP) is 0.349. The zero-order chi connectivity index (χ0) is 21.6. The number of nitrogens with zero attached hydrogens (tertiary/aromatic N) is 1. The van der Waals surface area contributed by atoms with Gasteiger partial charge in [-0.05, 0) is 24.3 Å². The van der Waals surface area contributed by atoms with Gasteiger partial charge in [0.05, 0.1) is 39.1 Å². The molecule has 3 N–H and O–H groups in total. The first kappa shape index (κ1) is 20.6. The van der Waals surface area contributed by atoms with Gasteiger partial charge in [0.2, 0.25) is 5.91 Å². The molecule has 3 aromatic rings. The number of carbonyl (C=O) groups is 2. The standard InChI is InChI=1S/C23H24N4O4/c28-21(10-11-26-12-14-27(15-13-26)18-7-2-1-3-8-18)24-25-22(29)19-16-17-6-4-5-9-20(17)31-23(19)30/h1-9,16H,10-15H2,(H,24,28)(H,25,29)/p+1. The monoisotopic (exact) mass is 421 g/mol. The van der Waals surface area contributed by atoms with Gasteiger partial charge in [-0.3, -0.25) is 20.4 Å². The predicted molar refractivity (Wildman–Crippen MR) is 117 cm³/mol. The van der Waals surface area contributed by atoms with Crippen LogP contribution in [0.3, 0.4) is 0 Å². The van der Waals surface area contributed by atoms with E-state index in [9.17, 15) is 14.4 Å². The maximum absolute atomic E-state index is 12.3. The number of hydrogen-bond acceptors (Lipinski definition) is 5. The molecule has 2 aromatic carbocycles. The fourth-order valence-electron chi connectivity index (χ4n) is 3.74. The highest BCUT2D eigenvalue weighted by Gasteiger charge is 2.21. The van der Waals surface area contributed by atoms with Crippen molar-refractivity contribution in [1.29, 1.82) is 0 Å². The van der Waals surface area contributed by atoms with E-state index in [1.54, 1.807) is 24.3 Å². The summed E-state index contributed by atoms with van der Waals surface area (Å²) in [7, 11) is 0. The molecular formula is C23H25N4O4+. The Labute approximate surface area is 179 Å². The van der Waals surface area contributed by atoms with Crippen molar-refractivity contribution in [2.45, 2.75) is 6.42 Å². The van der Waals surface area contributed by atoms with Crippen LogP contribution in [0.1, 0.15) is 16.8 Å². The van der Waals surface area contributed by atoms with Crippen molar-refractivity contribution >= 4 is 28.5 Å². The molecule has 0 saturated carbocycles. The highest BCUT2D eigenvalue weighted by molar-refractivity contribution is 5.97. The lowest BCUT2D eigenvalue weighted by Gasteiger charge is -2.33. The van der Waals surface area contributed by atoms with Gasteiger partial charge in [-0.1, -0.05) is 36.4 Å². The van der Waals surface area contributed by atoms with E-state index in [0.717, 1.165) is 26.2 Å². The van der Waals surface area contributed by atoms with Gasteiger partial charge in [-0.25, -0.2) is 4.79 Å². The Kier molecular flexibility index (Phi) is 6.28. The second kappa shape index (κ2) is 9.44. The van der Waals surface area contributed by atoms with Crippen molar-refractivity contribution in [2.24, 2.45) is 0 Å². The lowest BCUT2D eigenvalue weighted by Crippen LogP contribution is -3.15. The van der Waals surface area contributed by atoms with Crippen LogP contribution in [0.25, 0.3) is 11.0 Å². The average Bonchev–Trinajstić information content (AvgIpc) is 2.81. The summed E-state index contributed by atoms with van der Waals surface area (Å²) in [5, 5.41) is 0.636. The van der Waals surface area contributed by atoms with Gasteiger partial charge in [0.1, 0.15) is 11.1 Å². The normalized spacial score (nSPS) is 14.4. The van der Waals surface area contributed by atoms with E-state index in [-0.39, 0.29) is 17.9 Å². The Morgan fingerprint density at radius 3 is 2.45 bits per heavy atom. The maximum Gasteiger partial charge on any atom is 0.349 e. The van der Waals surface area contributed by atoms with Crippen molar-refractivity contribution < 1.29 is 18.9 Å². The highest BCUT2D eigenvalue weighted by atomic mass is 16.4. The summed E-state index contributed by atoms with van der Waals surface area (Å²) >= 11 is 0. The van der Waals surface area contributed by atoms with Crippen LogP contribution >= 0.6 is 0 Å². The van der Waals surface area contributed by atoms with E-state index in [2.05, 4.69) is 27.9 Å². The Morgan fingerprint density at radius 1 is 0.968 bits per heavy atom. The molecule has 0 spiro atoms. The van der Waals surface area contributed by atoms with Crippen LogP contribution in [0, 0.1) is 0 Å². The SMILES string of the molecule is O=C(CC[NH+]1CCN(c2ccccc2)CC1)NNC(=O)c1cc2ccccc2oc1=O. The summed E-state index contributed by atoms with van der Waals surface area (Å²) in [5.74, 6) is -0.992. The molecule has 0 aliphatic carbocycles. The molecule has 0 radical (unpaired) electrons. The van der Waals surface area contributed by atoms with Gasteiger partial charge >= 0.3 is 5.63 Å². The molecule has 1 fully saturated rings. The summed E-state index contributed by atoms with van der Waals surface area (Å²) < 4.78 is 5.15. The second-order valence-electron chi connectivity index (χ2n) is 7.56. The van der Waals surface area contributed by atoms with Gasteiger partial charge in [-0.15, -0.1) is 0 Å². The number of piperazine rings is 1. The molecule has 0 atom stereocenters. The number of para-hydroxylation sites is 2. The molecule has 31 heavy (non-hydrogen) atoms. The van der Waals surface area contributed by atoms with E-state index in [1.807, 2.05) is 18.2 Å². The van der Waals surface area contributed by atoms with Crippen LogP contribution in [0.5, 0.6) is 0 Å². The second-order valence-corrected chi connectivity index (χ2v) is 7.56. The Bertz CT molecular complexity index is 1120. The molecular weight excluding hydrogens is 396 g/mol. The molecule has 1 aromatic heterocycles. The number of quaternary nitrogens is 1. The van der Waals surface area contributed by atoms with Gasteiger partial charge in [0.25, 0.3) is 5.91 Å². The molecule has 1 aliphatic rings. The Balaban J connectivity index is 1.22. The molecule has 160 valence electrons. The zero-order valence-electron chi connectivity index (χ0n) is 17.1. The van der Waals surface area contributed by atoms with E-state index >= 15 is 0 Å². The van der Waals surface area contributed by atoms with Crippen LogP contribution in [0.4, 0.5) is 5.69 Å². The van der Waals surface area contributed by atoms with Gasteiger partial charge in [-0.2, -0.15) is 0 Å². The lowest BCUT2D eigenvalue weighted by molar-refractivity contribution is -0.900. The number of anilines is 1. The molecule has 2 heterocycles. The first-order valence-electron chi connectivity index (χ1n) is 10.4. The summed E-state index contributed by atoms with van der Waals surface area (Å²) in [6.45, 7) is 4.46. The van der Waals surface area contributed by atoms with Gasteiger partial charge in [0, 0.05) is 11.1 Å². The molecule has 1 aliphatic heterocycles. The van der Waals surface area contributed by atoms with Crippen molar-refractivity contribution in [3.05, 3.63) is 76.6 Å². The van der Waals surface area contributed by atoms with Crippen molar-refractivity contribution in [3.63, 3.8) is 0 Å². The van der Waals surface area contributed by atoms with Crippen molar-refractivity contribution in [2.75, 3.05) is 37.6 Å². The zero-order valence-corrected chi connectivity index (χ0v) is 17.1. The van der Waals surface area contributed by atoms with Crippen LogP contribution in [-0.4, -0.2) is 44.5 Å². The maximum atomic E-state index is 12.3. The minimum Gasteiger partial charge on any atom is -0.422 e. The van der Waals surface area contributed by atoms with Crippen LogP contribution in [0.2, 0.25) is 0 Å². The third kappa shape index (κ3) is 5.10. The molecule has 0 bridgehead atoms. The number of amides is 2. The van der Waals surface area contributed by atoms with Crippen LogP contribution < -0.4 is 26.3 Å². The lowest BCUT2D eigenvalue weighted by atomic mass is 10.2. The summed E-state index contributed by atoms with van der Waals surface area (Å²) in [5.41, 5.74) is 5.43. The van der Waals surface area contributed by atoms with E-state index in [0.29, 0.717) is 17.5 Å². The molecule has 1 saturated heterocycles. The Hall–Kier alpha value is -3.65. The quantitative estimate of drug-likeness (QED) is 0.408. The number of carbonyl (C=O) groups excluding carboxylic acids is 2. The largest absolute Gasteiger partial charge is 0.422 e. The summed E-state index contributed by atoms with van der Waals surface area (Å²) in [6.07, 6.45) is 0.285. The van der Waals surface area contributed by atoms with Crippen molar-refractivity contribution in [3.8, 4) is 0 Å². The van der Waals surface area contributed by atoms with Gasteiger partial charge in [0.15, 0.2) is 0 Å². The average molecular weight is 421 g/mol. The third-order valence-corrected chi connectivity index (χ3v) is 5.50. The van der Waals surface area contributed by atoms with Gasteiger partial charge < -0.3 is 14.2 Å². The van der Waals surface area contributed by atoms with Crippen molar-refractivity contribution in [1.82, 2.24) is 10.9 Å².